The van der Waals surface area contributed by atoms with Crippen LogP contribution in [0.5, 0.6) is 0 Å². The molecule has 7 nitrogen and oxygen atoms in total. The number of hydrogen-bond acceptors (Lipinski definition) is 6. The van der Waals surface area contributed by atoms with Crippen LogP contribution in [0.25, 0.3) is 10.6 Å². The Hall–Kier alpha value is -1.89. The molecule has 0 spiro atoms. The van der Waals surface area contributed by atoms with E-state index in [4.69, 9.17) is 11.6 Å². The van der Waals surface area contributed by atoms with E-state index < -0.39 is 20.0 Å². The molecule has 164 valence electrons. The van der Waals surface area contributed by atoms with E-state index in [-0.39, 0.29) is 41.1 Å². The number of sulfonamides is 2. The topological polar surface area (TPSA) is 87.7 Å². The van der Waals surface area contributed by atoms with Gasteiger partial charge in [0.1, 0.15) is 10.8 Å². The first-order chi connectivity index (χ1) is 14.7. The number of thiazole rings is 1. The average molecular weight is 502 g/mol. The molecule has 3 aromatic rings. The summed E-state index contributed by atoms with van der Waals surface area (Å²) in [5.41, 5.74) is 0.617. The van der Waals surface area contributed by atoms with Crippen LogP contribution in [0.3, 0.4) is 0 Å². The quantitative estimate of drug-likeness (QED) is 0.535. The van der Waals surface area contributed by atoms with Crippen LogP contribution >= 0.6 is 22.9 Å². The molecule has 1 aromatic heterocycles. The highest BCUT2D eigenvalue weighted by atomic mass is 35.5. The number of nitrogens with zero attached hydrogens (tertiary/aromatic N) is 3. The molecule has 0 N–H and O–H groups in total. The molecule has 31 heavy (non-hydrogen) atoms. The Labute approximate surface area is 188 Å². The molecule has 0 atom stereocenters. The molecule has 0 radical (unpaired) electrons. The summed E-state index contributed by atoms with van der Waals surface area (Å²) in [7, 11) is -7.56. The molecular weight excluding hydrogens is 485 g/mol. The van der Waals surface area contributed by atoms with Gasteiger partial charge in [0.15, 0.2) is 4.21 Å². The maximum atomic E-state index is 13.1. The fourth-order valence-corrected chi connectivity index (χ4v) is 7.40. The molecule has 2 aromatic carbocycles. The molecule has 0 aliphatic carbocycles. The maximum Gasteiger partial charge on any atom is 0.254 e. The SMILES string of the molecule is O=S(=O)(c1ccc(Cl)cc1)N1CCN(S(=O)(=O)c2cnc(-c3ccc(F)cc3)s2)CC1. The minimum absolute atomic E-state index is 0.0267. The molecule has 1 fully saturated rings. The first-order valence-corrected chi connectivity index (χ1v) is 13.2. The van der Waals surface area contributed by atoms with Crippen LogP contribution in [-0.2, 0) is 20.0 Å². The zero-order valence-electron chi connectivity index (χ0n) is 16.0. The van der Waals surface area contributed by atoms with Crippen LogP contribution < -0.4 is 0 Å². The summed E-state index contributed by atoms with van der Waals surface area (Å²) in [6.45, 7) is 0.124. The minimum Gasteiger partial charge on any atom is -0.243 e. The zero-order valence-corrected chi connectivity index (χ0v) is 19.2. The summed E-state index contributed by atoms with van der Waals surface area (Å²) in [6.07, 6.45) is 1.27. The summed E-state index contributed by atoms with van der Waals surface area (Å²) < 4.78 is 67.3. The summed E-state index contributed by atoms with van der Waals surface area (Å²) in [5.74, 6) is -0.389. The molecule has 0 saturated carbocycles. The van der Waals surface area contributed by atoms with Gasteiger partial charge in [-0.3, -0.25) is 0 Å². The lowest BCUT2D eigenvalue weighted by atomic mass is 10.2. The molecular formula is C19H17ClFN3O4S3. The predicted octanol–water partition coefficient (Wildman–Crippen LogP) is 3.30. The van der Waals surface area contributed by atoms with Crippen LogP contribution in [-0.4, -0.2) is 56.6 Å². The summed E-state index contributed by atoms with van der Waals surface area (Å²) in [4.78, 5) is 4.26. The zero-order chi connectivity index (χ0) is 22.2. The van der Waals surface area contributed by atoms with E-state index in [0.29, 0.717) is 15.6 Å². The van der Waals surface area contributed by atoms with E-state index in [0.717, 1.165) is 11.3 Å². The van der Waals surface area contributed by atoms with Gasteiger partial charge in [-0.1, -0.05) is 11.6 Å². The molecule has 0 bridgehead atoms. The average Bonchev–Trinajstić information content (AvgIpc) is 3.26. The van der Waals surface area contributed by atoms with Crippen LogP contribution in [0.4, 0.5) is 4.39 Å². The molecule has 2 heterocycles. The molecule has 1 aliphatic heterocycles. The maximum absolute atomic E-state index is 13.1. The van der Waals surface area contributed by atoms with Gasteiger partial charge >= 0.3 is 0 Å². The first kappa shape index (κ1) is 22.3. The summed E-state index contributed by atoms with van der Waals surface area (Å²) in [5, 5.41) is 0.891. The van der Waals surface area contributed by atoms with Crippen molar-refractivity contribution in [1.82, 2.24) is 13.6 Å². The number of piperazine rings is 1. The van der Waals surface area contributed by atoms with Crippen LogP contribution in [0, 0.1) is 5.82 Å². The lowest BCUT2D eigenvalue weighted by Crippen LogP contribution is -2.50. The van der Waals surface area contributed by atoms with Crippen molar-refractivity contribution in [3.63, 3.8) is 0 Å². The van der Waals surface area contributed by atoms with Crippen molar-refractivity contribution in [2.45, 2.75) is 9.10 Å². The Morgan fingerprint density at radius 1 is 0.839 bits per heavy atom. The third-order valence-corrected chi connectivity index (χ3v) is 10.4. The Morgan fingerprint density at radius 3 is 1.97 bits per heavy atom. The second-order valence-electron chi connectivity index (χ2n) is 6.75. The Morgan fingerprint density at radius 2 is 1.39 bits per heavy atom. The molecule has 0 unspecified atom stereocenters. The number of halogens is 2. The fraction of sp³-hybridized carbons (Fsp3) is 0.211. The van der Waals surface area contributed by atoms with Crippen molar-refractivity contribution in [1.29, 1.82) is 0 Å². The van der Waals surface area contributed by atoms with E-state index in [1.807, 2.05) is 0 Å². The van der Waals surface area contributed by atoms with Crippen molar-refractivity contribution in [3.05, 3.63) is 65.6 Å². The summed E-state index contributed by atoms with van der Waals surface area (Å²) >= 11 is 6.81. The molecule has 1 saturated heterocycles. The van der Waals surface area contributed by atoms with Gasteiger partial charge in [0.2, 0.25) is 10.0 Å². The van der Waals surface area contributed by atoms with Gasteiger partial charge < -0.3 is 0 Å². The summed E-state index contributed by atoms with van der Waals surface area (Å²) in [6, 6.07) is 11.5. The number of aromatic nitrogens is 1. The van der Waals surface area contributed by atoms with Gasteiger partial charge in [-0.2, -0.15) is 8.61 Å². The number of benzene rings is 2. The van der Waals surface area contributed by atoms with Crippen LogP contribution in [0.1, 0.15) is 0 Å². The molecule has 12 heteroatoms. The van der Waals surface area contributed by atoms with E-state index in [9.17, 15) is 21.2 Å². The normalized spacial score (nSPS) is 16.5. The van der Waals surface area contributed by atoms with Gasteiger partial charge in [-0.25, -0.2) is 26.2 Å². The fourth-order valence-electron chi connectivity index (χ4n) is 3.14. The lowest BCUT2D eigenvalue weighted by molar-refractivity contribution is 0.273. The Kier molecular flexibility index (Phi) is 6.16. The van der Waals surface area contributed by atoms with Gasteiger partial charge in [0.05, 0.1) is 11.1 Å². The van der Waals surface area contributed by atoms with Crippen LogP contribution in [0.15, 0.2) is 63.8 Å². The van der Waals surface area contributed by atoms with Gasteiger partial charge in [0.25, 0.3) is 10.0 Å². The molecule has 1 aliphatic rings. The minimum atomic E-state index is -3.82. The standard InChI is InChI=1S/C19H17ClFN3O4S3/c20-15-3-7-17(8-4-15)30(25,26)23-9-11-24(12-10-23)31(27,28)18-13-22-19(29-18)14-1-5-16(21)6-2-14/h1-8,13H,9-12H2. The smallest absolute Gasteiger partial charge is 0.243 e. The molecule has 4 rings (SSSR count). The Balaban J connectivity index is 1.48. The van der Waals surface area contributed by atoms with Gasteiger partial charge in [-0.15, -0.1) is 11.3 Å². The first-order valence-electron chi connectivity index (χ1n) is 9.15. The van der Waals surface area contributed by atoms with E-state index in [2.05, 4.69) is 4.98 Å². The highest BCUT2D eigenvalue weighted by Crippen LogP contribution is 2.30. The van der Waals surface area contributed by atoms with E-state index >= 15 is 0 Å². The second-order valence-corrected chi connectivity index (χ2v) is 12.3. The predicted molar refractivity (Wildman–Crippen MR) is 116 cm³/mol. The number of hydrogen-bond donors (Lipinski definition) is 0. The van der Waals surface area contributed by atoms with Crippen molar-refractivity contribution in [2.24, 2.45) is 0 Å². The highest BCUT2D eigenvalue weighted by molar-refractivity contribution is 7.91. The third kappa shape index (κ3) is 4.52. The highest BCUT2D eigenvalue weighted by Gasteiger charge is 2.34. The van der Waals surface area contributed by atoms with E-state index in [1.54, 1.807) is 0 Å². The van der Waals surface area contributed by atoms with Crippen molar-refractivity contribution in [3.8, 4) is 10.6 Å². The van der Waals surface area contributed by atoms with Crippen LogP contribution in [0.2, 0.25) is 5.02 Å². The van der Waals surface area contributed by atoms with E-state index in [1.165, 1.54) is 63.3 Å². The lowest BCUT2D eigenvalue weighted by Gasteiger charge is -2.32. The van der Waals surface area contributed by atoms with Gasteiger partial charge in [-0.05, 0) is 48.5 Å². The largest absolute Gasteiger partial charge is 0.254 e. The van der Waals surface area contributed by atoms with Crippen molar-refractivity contribution >= 4 is 43.0 Å². The van der Waals surface area contributed by atoms with Crippen molar-refractivity contribution < 1.29 is 21.2 Å². The second kappa shape index (κ2) is 8.57. The third-order valence-electron chi connectivity index (χ3n) is 4.82. The monoisotopic (exact) mass is 501 g/mol. The number of rotatable bonds is 5. The van der Waals surface area contributed by atoms with Crippen molar-refractivity contribution in [2.75, 3.05) is 26.2 Å². The molecule has 0 amide bonds. The Bertz CT molecular complexity index is 1290. The van der Waals surface area contributed by atoms with Gasteiger partial charge in [0, 0.05) is 36.8 Å².